The number of carboxylic acid groups (broad SMARTS) is 1. The summed E-state index contributed by atoms with van der Waals surface area (Å²) in [7, 11) is 0. The van der Waals surface area contributed by atoms with Gasteiger partial charge in [-0.15, -0.1) is 0 Å². The third-order valence-electron chi connectivity index (χ3n) is 3.09. The minimum absolute atomic E-state index is 0.216. The van der Waals surface area contributed by atoms with E-state index in [0.29, 0.717) is 5.56 Å². The molecule has 0 radical (unpaired) electrons. The molecule has 1 heterocycles. The molecule has 0 aliphatic heterocycles. The van der Waals surface area contributed by atoms with Crippen molar-refractivity contribution in [2.45, 2.75) is 33.6 Å². The van der Waals surface area contributed by atoms with Gasteiger partial charge in [0, 0.05) is 11.1 Å². The molecular weight excluding hydrogens is 226 g/mol. The van der Waals surface area contributed by atoms with Gasteiger partial charge < -0.3 is 5.11 Å². The van der Waals surface area contributed by atoms with Crippen molar-refractivity contribution < 1.29 is 9.90 Å². The highest BCUT2D eigenvalue weighted by Gasteiger charge is 2.15. The molecule has 1 N–H and O–H groups in total. The number of hydrogen-bond acceptors (Lipinski definition) is 2. The van der Waals surface area contributed by atoms with E-state index in [9.17, 15) is 9.90 Å². The highest BCUT2D eigenvalue weighted by atomic mass is 16.4. The lowest BCUT2D eigenvalue weighted by molar-refractivity contribution is 0.0699. The highest BCUT2D eigenvalue weighted by Crippen LogP contribution is 2.26. The van der Waals surface area contributed by atoms with Gasteiger partial charge in [0.15, 0.2) is 0 Å². The normalized spacial score (nSPS) is 11.2. The van der Waals surface area contributed by atoms with E-state index in [1.54, 1.807) is 6.07 Å². The summed E-state index contributed by atoms with van der Waals surface area (Å²) in [5.41, 5.74) is 4.04. The van der Waals surface area contributed by atoms with Crippen LogP contribution in [0.25, 0.3) is 10.9 Å². The van der Waals surface area contributed by atoms with E-state index < -0.39 is 5.97 Å². The summed E-state index contributed by atoms with van der Waals surface area (Å²) in [5.74, 6) is -0.678. The predicted molar refractivity (Wildman–Crippen MR) is 72.3 cm³/mol. The SMILES string of the molecule is Cc1cc(C)c2nc(C(C)C)cc(C(=O)O)c2c1. The number of aromatic carboxylic acids is 1. The van der Waals surface area contributed by atoms with E-state index in [-0.39, 0.29) is 5.92 Å². The molecule has 3 nitrogen and oxygen atoms in total. The van der Waals surface area contributed by atoms with E-state index in [0.717, 1.165) is 27.7 Å². The first-order valence-electron chi connectivity index (χ1n) is 6.05. The average molecular weight is 243 g/mol. The van der Waals surface area contributed by atoms with Gasteiger partial charge in [-0.2, -0.15) is 0 Å². The first kappa shape index (κ1) is 12.6. The zero-order valence-corrected chi connectivity index (χ0v) is 11.1. The van der Waals surface area contributed by atoms with Gasteiger partial charge in [-0.3, -0.25) is 4.98 Å². The molecule has 2 rings (SSSR count). The molecule has 1 aromatic carbocycles. The summed E-state index contributed by atoms with van der Waals surface area (Å²) in [6.07, 6.45) is 0. The molecule has 0 amide bonds. The van der Waals surface area contributed by atoms with Crippen molar-refractivity contribution in [1.29, 1.82) is 0 Å². The lowest BCUT2D eigenvalue weighted by Crippen LogP contribution is -2.04. The van der Waals surface area contributed by atoms with Crippen LogP contribution in [0.15, 0.2) is 18.2 Å². The number of hydrogen-bond donors (Lipinski definition) is 1. The van der Waals surface area contributed by atoms with Crippen LogP contribution in [0.4, 0.5) is 0 Å². The third-order valence-corrected chi connectivity index (χ3v) is 3.09. The molecule has 0 bridgehead atoms. The quantitative estimate of drug-likeness (QED) is 0.875. The standard InChI is InChI=1S/C15H17NO2/c1-8(2)13-7-12(15(17)18)11-6-9(3)5-10(4)14(11)16-13/h5-8H,1-4H3,(H,17,18). The first-order chi connectivity index (χ1) is 8.40. The lowest BCUT2D eigenvalue weighted by Gasteiger charge is -2.11. The van der Waals surface area contributed by atoms with Crippen LogP contribution in [0.3, 0.4) is 0 Å². The Bertz CT molecular complexity index is 630. The fourth-order valence-corrected chi connectivity index (χ4v) is 2.17. The molecule has 0 saturated heterocycles. The van der Waals surface area contributed by atoms with E-state index in [4.69, 9.17) is 0 Å². The fourth-order valence-electron chi connectivity index (χ4n) is 2.17. The average Bonchev–Trinajstić information content (AvgIpc) is 2.27. The zero-order chi connectivity index (χ0) is 13.4. The van der Waals surface area contributed by atoms with Gasteiger partial charge in [0.2, 0.25) is 0 Å². The summed E-state index contributed by atoms with van der Waals surface area (Å²) in [6.45, 7) is 7.97. The summed E-state index contributed by atoms with van der Waals surface area (Å²) in [6, 6.07) is 5.61. The van der Waals surface area contributed by atoms with Crippen molar-refractivity contribution in [2.24, 2.45) is 0 Å². The van der Waals surface area contributed by atoms with Crippen molar-refractivity contribution in [3.63, 3.8) is 0 Å². The molecule has 1 aromatic heterocycles. The maximum atomic E-state index is 11.4. The van der Waals surface area contributed by atoms with E-state index in [2.05, 4.69) is 4.98 Å². The van der Waals surface area contributed by atoms with Crippen LogP contribution in [0, 0.1) is 13.8 Å². The summed E-state index contributed by atoms with van der Waals surface area (Å²) in [5, 5.41) is 10.1. The Labute approximate surface area is 106 Å². The van der Waals surface area contributed by atoms with Crippen LogP contribution in [0.5, 0.6) is 0 Å². The van der Waals surface area contributed by atoms with E-state index in [1.165, 1.54) is 0 Å². The second kappa shape index (κ2) is 4.41. The van der Waals surface area contributed by atoms with Gasteiger partial charge in [0.1, 0.15) is 0 Å². The van der Waals surface area contributed by atoms with E-state index in [1.807, 2.05) is 39.8 Å². The lowest BCUT2D eigenvalue weighted by atomic mass is 9.99. The van der Waals surface area contributed by atoms with E-state index >= 15 is 0 Å². The molecule has 0 saturated carbocycles. The smallest absolute Gasteiger partial charge is 0.336 e. The Balaban J connectivity index is 2.90. The van der Waals surface area contributed by atoms with Crippen molar-refractivity contribution in [1.82, 2.24) is 4.98 Å². The molecule has 0 atom stereocenters. The minimum Gasteiger partial charge on any atom is -0.478 e. The molecule has 94 valence electrons. The predicted octanol–water partition coefficient (Wildman–Crippen LogP) is 3.67. The second-order valence-electron chi connectivity index (χ2n) is 5.03. The van der Waals surface area contributed by atoms with Crippen molar-refractivity contribution in [2.75, 3.05) is 0 Å². The molecule has 0 aliphatic rings. The highest BCUT2D eigenvalue weighted by molar-refractivity contribution is 6.03. The van der Waals surface area contributed by atoms with Gasteiger partial charge >= 0.3 is 5.97 Å². The summed E-state index contributed by atoms with van der Waals surface area (Å²) < 4.78 is 0. The molecule has 18 heavy (non-hydrogen) atoms. The van der Waals surface area contributed by atoms with Crippen LogP contribution in [0.2, 0.25) is 0 Å². The number of carbonyl (C=O) groups is 1. The van der Waals surface area contributed by atoms with Gasteiger partial charge in [-0.05, 0) is 37.5 Å². The molecule has 0 spiro atoms. The molecular formula is C15H17NO2. The number of aryl methyl sites for hydroxylation is 2. The fraction of sp³-hybridized carbons (Fsp3) is 0.333. The van der Waals surface area contributed by atoms with Gasteiger partial charge in [0.25, 0.3) is 0 Å². The largest absolute Gasteiger partial charge is 0.478 e. The van der Waals surface area contributed by atoms with Crippen LogP contribution in [-0.4, -0.2) is 16.1 Å². The van der Waals surface area contributed by atoms with Crippen LogP contribution >= 0.6 is 0 Å². The Kier molecular flexibility index (Phi) is 3.07. The van der Waals surface area contributed by atoms with Crippen molar-refractivity contribution in [3.05, 3.63) is 40.6 Å². The van der Waals surface area contributed by atoms with Crippen LogP contribution < -0.4 is 0 Å². The second-order valence-corrected chi connectivity index (χ2v) is 5.03. The van der Waals surface area contributed by atoms with Gasteiger partial charge in [-0.25, -0.2) is 4.79 Å². The summed E-state index contributed by atoms with van der Waals surface area (Å²) >= 11 is 0. The maximum absolute atomic E-state index is 11.4. The van der Waals surface area contributed by atoms with Gasteiger partial charge in [-0.1, -0.05) is 25.5 Å². The Morgan fingerprint density at radius 2 is 1.89 bits per heavy atom. The Hall–Kier alpha value is -1.90. The zero-order valence-electron chi connectivity index (χ0n) is 11.1. The van der Waals surface area contributed by atoms with Crippen LogP contribution in [0.1, 0.15) is 46.9 Å². The molecule has 0 unspecified atom stereocenters. The molecule has 3 heteroatoms. The molecule has 2 aromatic rings. The van der Waals surface area contributed by atoms with Crippen molar-refractivity contribution >= 4 is 16.9 Å². The van der Waals surface area contributed by atoms with Gasteiger partial charge in [0.05, 0.1) is 11.1 Å². The number of fused-ring (bicyclic) bond motifs is 1. The number of benzene rings is 1. The Morgan fingerprint density at radius 3 is 2.44 bits per heavy atom. The number of carboxylic acids is 1. The number of nitrogens with zero attached hydrogens (tertiary/aromatic N) is 1. The monoisotopic (exact) mass is 243 g/mol. The number of aromatic nitrogens is 1. The Morgan fingerprint density at radius 1 is 1.22 bits per heavy atom. The van der Waals surface area contributed by atoms with Crippen molar-refractivity contribution in [3.8, 4) is 0 Å². The molecule has 0 fully saturated rings. The van der Waals surface area contributed by atoms with Crippen LogP contribution in [-0.2, 0) is 0 Å². The molecule has 0 aliphatic carbocycles. The number of pyridine rings is 1. The number of rotatable bonds is 2. The topological polar surface area (TPSA) is 50.2 Å². The maximum Gasteiger partial charge on any atom is 0.336 e. The third kappa shape index (κ3) is 2.08. The first-order valence-corrected chi connectivity index (χ1v) is 6.05. The minimum atomic E-state index is -0.894. The summed E-state index contributed by atoms with van der Waals surface area (Å²) in [4.78, 5) is 16.0.